The molecule has 1 aliphatic rings. The van der Waals surface area contributed by atoms with Crippen LogP contribution in [0.1, 0.15) is 54.0 Å². The molecule has 0 atom stereocenters. The van der Waals surface area contributed by atoms with Crippen LogP contribution in [0.15, 0.2) is 18.2 Å². The molecule has 1 heterocycles. The van der Waals surface area contributed by atoms with Crippen LogP contribution in [-0.2, 0) is 15.7 Å². The van der Waals surface area contributed by atoms with E-state index in [9.17, 15) is 5.11 Å². The topological polar surface area (TPSA) is 47.9 Å². The molecule has 4 nitrogen and oxygen atoms in total. The van der Waals surface area contributed by atoms with Crippen LogP contribution in [0.4, 0.5) is 0 Å². The molecule has 0 bridgehead atoms. The SMILES string of the molecule is CCc1cc(B2OC(C)(C)C(C)(C)O2)ccc1OCC(C)(C)O. The third-order valence-corrected chi connectivity index (χ3v) is 4.57. The van der Waals surface area contributed by atoms with Crippen molar-refractivity contribution in [2.45, 2.75) is 71.7 Å². The molecule has 0 unspecified atom stereocenters. The van der Waals surface area contributed by atoms with E-state index in [0.717, 1.165) is 23.2 Å². The van der Waals surface area contributed by atoms with Crippen LogP contribution >= 0.6 is 0 Å². The average Bonchev–Trinajstić information content (AvgIpc) is 2.64. The summed E-state index contributed by atoms with van der Waals surface area (Å²) in [6.07, 6.45) is 0.842. The van der Waals surface area contributed by atoms with Gasteiger partial charge in [0.15, 0.2) is 0 Å². The summed E-state index contributed by atoms with van der Waals surface area (Å²) in [5, 5.41) is 9.82. The molecule has 0 aliphatic carbocycles. The first-order valence-corrected chi connectivity index (χ1v) is 8.29. The predicted molar refractivity (Wildman–Crippen MR) is 93.3 cm³/mol. The van der Waals surface area contributed by atoms with E-state index in [1.54, 1.807) is 13.8 Å². The van der Waals surface area contributed by atoms with E-state index < -0.39 is 5.60 Å². The van der Waals surface area contributed by atoms with Crippen molar-refractivity contribution in [2.75, 3.05) is 6.61 Å². The quantitative estimate of drug-likeness (QED) is 0.848. The van der Waals surface area contributed by atoms with Gasteiger partial charge in [0.25, 0.3) is 0 Å². The number of ether oxygens (including phenoxy) is 1. The normalized spacial score (nSPS) is 19.9. The Balaban J connectivity index is 2.20. The van der Waals surface area contributed by atoms with Gasteiger partial charge >= 0.3 is 7.12 Å². The van der Waals surface area contributed by atoms with Gasteiger partial charge < -0.3 is 19.2 Å². The van der Waals surface area contributed by atoms with E-state index in [0.29, 0.717) is 0 Å². The molecule has 23 heavy (non-hydrogen) atoms. The highest BCUT2D eigenvalue weighted by molar-refractivity contribution is 6.62. The number of hydrogen-bond donors (Lipinski definition) is 1. The first-order valence-electron chi connectivity index (χ1n) is 8.29. The lowest BCUT2D eigenvalue weighted by Gasteiger charge is -2.32. The largest absolute Gasteiger partial charge is 0.494 e. The van der Waals surface area contributed by atoms with E-state index >= 15 is 0 Å². The minimum absolute atomic E-state index is 0.260. The Bertz CT molecular complexity index is 545. The molecule has 1 aromatic rings. The summed E-state index contributed by atoms with van der Waals surface area (Å²) in [6, 6.07) is 5.98. The van der Waals surface area contributed by atoms with Gasteiger partial charge in [-0.15, -0.1) is 0 Å². The van der Waals surface area contributed by atoms with E-state index in [1.165, 1.54) is 0 Å². The zero-order chi connectivity index (χ0) is 17.5. The van der Waals surface area contributed by atoms with Crippen molar-refractivity contribution < 1.29 is 19.2 Å². The Morgan fingerprint density at radius 3 is 2.17 bits per heavy atom. The zero-order valence-corrected chi connectivity index (χ0v) is 15.4. The first kappa shape index (κ1) is 18.3. The lowest BCUT2D eigenvalue weighted by molar-refractivity contribution is 0.00578. The van der Waals surface area contributed by atoms with Crippen LogP contribution in [0.25, 0.3) is 0 Å². The van der Waals surface area contributed by atoms with Crippen molar-refractivity contribution in [1.82, 2.24) is 0 Å². The molecule has 5 heteroatoms. The van der Waals surface area contributed by atoms with E-state index in [1.807, 2.05) is 12.1 Å². The van der Waals surface area contributed by atoms with E-state index in [4.69, 9.17) is 14.0 Å². The summed E-state index contributed by atoms with van der Waals surface area (Å²) in [4.78, 5) is 0. The Kier molecular flexibility index (Phi) is 4.87. The van der Waals surface area contributed by atoms with E-state index in [-0.39, 0.29) is 24.9 Å². The first-order chi connectivity index (χ1) is 10.5. The molecule has 0 amide bonds. The lowest BCUT2D eigenvalue weighted by atomic mass is 9.78. The molecule has 0 spiro atoms. The predicted octanol–water partition coefficient (Wildman–Crippen LogP) is 2.70. The maximum Gasteiger partial charge on any atom is 0.494 e. The Labute approximate surface area is 140 Å². The van der Waals surface area contributed by atoms with Crippen molar-refractivity contribution in [2.24, 2.45) is 0 Å². The van der Waals surface area contributed by atoms with Crippen LogP contribution < -0.4 is 10.2 Å². The molecule has 1 N–H and O–H groups in total. The third-order valence-electron chi connectivity index (χ3n) is 4.57. The number of rotatable bonds is 5. The standard InChI is InChI=1S/C18H29BO4/c1-8-13-11-14(9-10-15(13)21-12-16(2,3)20)19-22-17(4,5)18(6,7)23-19/h9-11,20H,8,12H2,1-7H3. The molecule has 1 saturated heterocycles. The van der Waals surface area contributed by atoms with Crippen molar-refractivity contribution in [3.8, 4) is 5.75 Å². The molecular weight excluding hydrogens is 291 g/mol. The lowest BCUT2D eigenvalue weighted by Crippen LogP contribution is -2.41. The van der Waals surface area contributed by atoms with E-state index in [2.05, 4.69) is 40.7 Å². The monoisotopic (exact) mass is 320 g/mol. The summed E-state index contributed by atoms with van der Waals surface area (Å²) in [5.41, 5.74) is 0.535. The second-order valence-corrected chi connectivity index (χ2v) is 7.91. The van der Waals surface area contributed by atoms with Crippen LogP contribution in [0, 0.1) is 0 Å². The molecule has 1 aromatic carbocycles. The van der Waals surface area contributed by atoms with Crippen molar-refractivity contribution in [1.29, 1.82) is 0 Å². The van der Waals surface area contributed by atoms with Gasteiger partial charge in [-0.25, -0.2) is 0 Å². The highest BCUT2D eigenvalue weighted by Crippen LogP contribution is 2.36. The van der Waals surface area contributed by atoms with Crippen molar-refractivity contribution >= 4 is 12.6 Å². The molecular formula is C18H29BO4. The molecule has 2 rings (SSSR count). The number of aliphatic hydroxyl groups is 1. The summed E-state index contributed by atoms with van der Waals surface area (Å²) in [6.45, 7) is 14.0. The van der Waals surface area contributed by atoms with Gasteiger partial charge in [-0.2, -0.15) is 0 Å². The van der Waals surface area contributed by atoms with Crippen LogP contribution in [0.3, 0.4) is 0 Å². The van der Waals surface area contributed by atoms with Gasteiger partial charge in [0.2, 0.25) is 0 Å². The smallest absolute Gasteiger partial charge is 0.490 e. The summed E-state index contributed by atoms with van der Waals surface area (Å²) in [7, 11) is -0.367. The summed E-state index contributed by atoms with van der Waals surface area (Å²) in [5.74, 6) is 0.801. The second kappa shape index (κ2) is 6.12. The minimum Gasteiger partial charge on any atom is -0.490 e. The van der Waals surface area contributed by atoms with Gasteiger partial charge in [0.1, 0.15) is 12.4 Å². The highest BCUT2D eigenvalue weighted by atomic mass is 16.7. The number of hydrogen-bond acceptors (Lipinski definition) is 4. The number of benzene rings is 1. The zero-order valence-electron chi connectivity index (χ0n) is 15.4. The van der Waals surface area contributed by atoms with Crippen LogP contribution in [0.2, 0.25) is 0 Å². The van der Waals surface area contributed by atoms with Gasteiger partial charge in [0.05, 0.1) is 16.8 Å². The number of aryl methyl sites for hydroxylation is 1. The Morgan fingerprint density at radius 1 is 1.13 bits per heavy atom. The van der Waals surface area contributed by atoms with Crippen LogP contribution in [0.5, 0.6) is 5.75 Å². The molecule has 0 radical (unpaired) electrons. The van der Waals surface area contributed by atoms with Gasteiger partial charge in [-0.05, 0) is 65.1 Å². The molecule has 0 saturated carbocycles. The molecule has 1 fully saturated rings. The fraction of sp³-hybridized carbons (Fsp3) is 0.667. The second-order valence-electron chi connectivity index (χ2n) is 7.91. The molecule has 1 aliphatic heterocycles. The summed E-state index contributed by atoms with van der Waals surface area (Å²) < 4.78 is 18.0. The Hall–Kier alpha value is -1.04. The van der Waals surface area contributed by atoms with Gasteiger partial charge in [0, 0.05) is 0 Å². The van der Waals surface area contributed by atoms with Crippen molar-refractivity contribution in [3.05, 3.63) is 23.8 Å². The maximum atomic E-state index is 9.82. The van der Waals surface area contributed by atoms with Crippen LogP contribution in [-0.4, -0.2) is 35.6 Å². The Morgan fingerprint density at radius 2 is 1.70 bits per heavy atom. The molecule has 128 valence electrons. The minimum atomic E-state index is -0.852. The maximum absolute atomic E-state index is 9.82. The average molecular weight is 320 g/mol. The summed E-state index contributed by atoms with van der Waals surface area (Å²) >= 11 is 0. The highest BCUT2D eigenvalue weighted by Gasteiger charge is 2.51. The van der Waals surface area contributed by atoms with Gasteiger partial charge in [-0.3, -0.25) is 0 Å². The molecule has 0 aromatic heterocycles. The third kappa shape index (κ3) is 4.08. The fourth-order valence-corrected chi connectivity index (χ4v) is 2.40. The van der Waals surface area contributed by atoms with Gasteiger partial charge in [-0.1, -0.05) is 19.1 Å². The van der Waals surface area contributed by atoms with Crippen molar-refractivity contribution in [3.63, 3.8) is 0 Å². The fourth-order valence-electron chi connectivity index (χ4n) is 2.40.